The minimum Gasteiger partial charge on any atom is -0.360 e. The van der Waals surface area contributed by atoms with Crippen LogP contribution in [0.25, 0.3) is 22.4 Å². The summed E-state index contributed by atoms with van der Waals surface area (Å²) in [6.07, 6.45) is -2.44. The molecule has 0 fully saturated rings. The zero-order chi connectivity index (χ0) is 15.7. The molecule has 0 bridgehead atoms. The third-order valence-corrected chi connectivity index (χ3v) is 3.64. The molecule has 3 rings (SSSR count). The summed E-state index contributed by atoms with van der Waals surface area (Å²) in [5.74, 6) is 0. The molecule has 112 valence electrons. The van der Waals surface area contributed by atoms with E-state index in [1.807, 2.05) is 43.5 Å². The molecule has 4 heteroatoms. The summed E-state index contributed by atoms with van der Waals surface area (Å²) < 4.78 is 38.0. The monoisotopic (exact) mass is 301 g/mol. The van der Waals surface area contributed by atoms with Crippen LogP contribution in [0, 0.1) is 6.92 Å². The van der Waals surface area contributed by atoms with Crippen molar-refractivity contribution < 1.29 is 13.2 Å². The van der Waals surface area contributed by atoms with Crippen molar-refractivity contribution in [1.82, 2.24) is 4.98 Å². The van der Waals surface area contributed by atoms with Crippen molar-refractivity contribution in [2.45, 2.75) is 13.1 Å². The van der Waals surface area contributed by atoms with E-state index in [0.717, 1.165) is 40.1 Å². The van der Waals surface area contributed by atoms with Crippen molar-refractivity contribution in [3.8, 4) is 22.4 Å². The van der Waals surface area contributed by atoms with Crippen molar-refractivity contribution in [2.75, 3.05) is 0 Å². The Bertz CT molecular complexity index is 768. The first-order chi connectivity index (χ1) is 10.5. The normalized spacial score (nSPS) is 11.6. The Morgan fingerprint density at radius 3 is 2.05 bits per heavy atom. The van der Waals surface area contributed by atoms with Gasteiger partial charge in [-0.1, -0.05) is 42.5 Å². The van der Waals surface area contributed by atoms with Crippen LogP contribution in [0.1, 0.15) is 11.1 Å². The predicted octanol–water partition coefficient (Wildman–Crippen LogP) is 5.68. The molecule has 2 aromatic carbocycles. The highest BCUT2D eigenvalue weighted by molar-refractivity contribution is 5.83. The van der Waals surface area contributed by atoms with Crippen LogP contribution in [-0.4, -0.2) is 4.98 Å². The van der Waals surface area contributed by atoms with Crippen LogP contribution in [-0.2, 0) is 6.18 Å². The number of aryl methyl sites for hydroxylation is 1. The van der Waals surface area contributed by atoms with E-state index in [2.05, 4.69) is 4.98 Å². The number of nitrogens with one attached hydrogen (secondary N) is 1. The van der Waals surface area contributed by atoms with Gasteiger partial charge in [0.25, 0.3) is 0 Å². The van der Waals surface area contributed by atoms with Gasteiger partial charge in [0.15, 0.2) is 0 Å². The highest BCUT2D eigenvalue weighted by atomic mass is 19.4. The summed E-state index contributed by atoms with van der Waals surface area (Å²) in [6.45, 7) is 1.94. The van der Waals surface area contributed by atoms with Crippen LogP contribution < -0.4 is 0 Å². The average molecular weight is 301 g/mol. The van der Waals surface area contributed by atoms with Crippen LogP contribution in [0.5, 0.6) is 0 Å². The number of H-pyrrole nitrogens is 1. The summed E-state index contributed by atoms with van der Waals surface area (Å²) in [7, 11) is 0. The van der Waals surface area contributed by atoms with Crippen molar-refractivity contribution in [3.05, 3.63) is 71.9 Å². The molecule has 3 aromatic rings. The lowest BCUT2D eigenvalue weighted by Gasteiger charge is -2.09. The zero-order valence-corrected chi connectivity index (χ0v) is 11.9. The number of benzene rings is 2. The third kappa shape index (κ3) is 2.64. The van der Waals surface area contributed by atoms with Gasteiger partial charge in [0.1, 0.15) is 0 Å². The average Bonchev–Trinajstić information content (AvgIpc) is 2.89. The van der Waals surface area contributed by atoms with Crippen molar-refractivity contribution >= 4 is 0 Å². The van der Waals surface area contributed by atoms with Gasteiger partial charge in [0, 0.05) is 11.8 Å². The second-order valence-electron chi connectivity index (χ2n) is 5.16. The number of aromatic nitrogens is 1. The molecule has 1 aromatic heterocycles. The van der Waals surface area contributed by atoms with E-state index >= 15 is 0 Å². The highest BCUT2D eigenvalue weighted by Gasteiger charge is 2.30. The molecule has 0 aliphatic carbocycles. The molecule has 0 unspecified atom stereocenters. The predicted molar refractivity (Wildman–Crippen MR) is 81.4 cm³/mol. The molecule has 0 atom stereocenters. The second kappa shape index (κ2) is 5.37. The number of aromatic amines is 1. The van der Waals surface area contributed by atoms with Crippen molar-refractivity contribution in [2.24, 2.45) is 0 Å². The summed E-state index contributed by atoms with van der Waals surface area (Å²) in [5.41, 5.74) is 3.98. The Hall–Kier alpha value is -2.49. The van der Waals surface area contributed by atoms with Gasteiger partial charge in [-0.3, -0.25) is 0 Å². The van der Waals surface area contributed by atoms with Gasteiger partial charge >= 0.3 is 6.18 Å². The Labute approximate surface area is 126 Å². The maximum Gasteiger partial charge on any atom is 0.416 e. The molecule has 0 aliphatic heterocycles. The van der Waals surface area contributed by atoms with E-state index in [0.29, 0.717) is 0 Å². The fourth-order valence-electron chi connectivity index (χ4n) is 2.55. The lowest BCUT2D eigenvalue weighted by molar-refractivity contribution is -0.137. The molecule has 0 saturated heterocycles. The van der Waals surface area contributed by atoms with E-state index < -0.39 is 11.7 Å². The Morgan fingerprint density at radius 2 is 1.45 bits per heavy atom. The molecule has 22 heavy (non-hydrogen) atoms. The lowest BCUT2D eigenvalue weighted by atomic mass is 9.97. The molecular weight excluding hydrogens is 287 g/mol. The molecule has 1 heterocycles. The van der Waals surface area contributed by atoms with E-state index in [1.165, 1.54) is 12.1 Å². The first-order valence-electron chi connectivity index (χ1n) is 6.88. The highest BCUT2D eigenvalue weighted by Crippen LogP contribution is 2.36. The van der Waals surface area contributed by atoms with Gasteiger partial charge in [0.05, 0.1) is 11.3 Å². The van der Waals surface area contributed by atoms with Crippen LogP contribution in [0.4, 0.5) is 13.2 Å². The van der Waals surface area contributed by atoms with Crippen LogP contribution in [0.3, 0.4) is 0 Å². The third-order valence-electron chi connectivity index (χ3n) is 3.64. The molecule has 0 amide bonds. The summed E-state index contributed by atoms with van der Waals surface area (Å²) in [5, 5.41) is 0. The number of hydrogen-bond donors (Lipinski definition) is 1. The molecule has 0 aliphatic rings. The zero-order valence-electron chi connectivity index (χ0n) is 11.9. The Kier molecular flexibility index (Phi) is 3.53. The largest absolute Gasteiger partial charge is 0.416 e. The standard InChI is InChI=1S/C18H14F3N/c1-12-11-22-17(14-5-3-2-4-6-14)16(12)13-7-9-15(10-8-13)18(19,20)21/h2-11,22H,1H3. The topological polar surface area (TPSA) is 15.8 Å². The fourth-order valence-corrected chi connectivity index (χ4v) is 2.55. The molecule has 0 radical (unpaired) electrons. The van der Waals surface area contributed by atoms with Gasteiger partial charge in [-0.05, 0) is 35.7 Å². The lowest BCUT2D eigenvalue weighted by Crippen LogP contribution is -2.04. The minimum absolute atomic E-state index is 0.634. The SMILES string of the molecule is Cc1c[nH]c(-c2ccccc2)c1-c1ccc(C(F)(F)F)cc1. The molecular formula is C18H14F3N. The van der Waals surface area contributed by atoms with Crippen molar-refractivity contribution in [3.63, 3.8) is 0 Å². The first-order valence-corrected chi connectivity index (χ1v) is 6.88. The molecule has 1 nitrogen and oxygen atoms in total. The van der Waals surface area contributed by atoms with Gasteiger partial charge < -0.3 is 4.98 Å². The summed E-state index contributed by atoms with van der Waals surface area (Å²) in [6, 6.07) is 15.0. The maximum atomic E-state index is 12.7. The molecule has 0 spiro atoms. The summed E-state index contributed by atoms with van der Waals surface area (Å²) in [4.78, 5) is 3.21. The number of halogens is 3. The number of rotatable bonds is 2. The van der Waals surface area contributed by atoms with Crippen LogP contribution >= 0.6 is 0 Å². The Balaban J connectivity index is 2.08. The maximum absolute atomic E-state index is 12.7. The number of alkyl halides is 3. The van der Waals surface area contributed by atoms with Gasteiger partial charge in [0.2, 0.25) is 0 Å². The van der Waals surface area contributed by atoms with Crippen molar-refractivity contribution in [1.29, 1.82) is 0 Å². The summed E-state index contributed by atoms with van der Waals surface area (Å²) >= 11 is 0. The molecule has 1 N–H and O–H groups in total. The van der Waals surface area contributed by atoms with Crippen LogP contribution in [0.2, 0.25) is 0 Å². The second-order valence-corrected chi connectivity index (χ2v) is 5.16. The van der Waals surface area contributed by atoms with Gasteiger partial charge in [-0.2, -0.15) is 13.2 Å². The molecule has 0 saturated carbocycles. The minimum atomic E-state index is -4.31. The number of hydrogen-bond acceptors (Lipinski definition) is 0. The first kappa shape index (κ1) is 14.4. The van der Waals surface area contributed by atoms with Gasteiger partial charge in [-0.25, -0.2) is 0 Å². The van der Waals surface area contributed by atoms with E-state index in [1.54, 1.807) is 0 Å². The quantitative estimate of drug-likeness (QED) is 0.627. The van der Waals surface area contributed by atoms with E-state index in [4.69, 9.17) is 0 Å². The van der Waals surface area contributed by atoms with E-state index in [-0.39, 0.29) is 0 Å². The van der Waals surface area contributed by atoms with Crippen LogP contribution in [0.15, 0.2) is 60.8 Å². The van der Waals surface area contributed by atoms with Gasteiger partial charge in [-0.15, -0.1) is 0 Å². The Morgan fingerprint density at radius 1 is 0.818 bits per heavy atom. The fraction of sp³-hybridized carbons (Fsp3) is 0.111. The van der Waals surface area contributed by atoms with E-state index in [9.17, 15) is 13.2 Å². The smallest absolute Gasteiger partial charge is 0.360 e.